The summed E-state index contributed by atoms with van der Waals surface area (Å²) < 4.78 is 7.17. The zero-order valence-corrected chi connectivity index (χ0v) is 21.5. The van der Waals surface area contributed by atoms with Crippen LogP contribution in [0.25, 0.3) is 0 Å². The average Bonchev–Trinajstić information content (AvgIpc) is 3.09. The maximum atomic E-state index is 10.7. The fourth-order valence-electron chi connectivity index (χ4n) is 7.08. The number of hydrogen-bond donors (Lipinski definition) is 2. The normalized spacial score (nSPS) is 31.0. The third-order valence-corrected chi connectivity index (χ3v) is 11.1. The van der Waals surface area contributed by atoms with E-state index in [2.05, 4.69) is 31.2 Å². The molecule has 4 heteroatoms. The van der Waals surface area contributed by atoms with Gasteiger partial charge < -0.3 is 0 Å². The van der Waals surface area contributed by atoms with Gasteiger partial charge in [-0.3, -0.25) is 0 Å². The summed E-state index contributed by atoms with van der Waals surface area (Å²) in [6.45, 7) is 6.32. The monoisotopic (exact) mass is 500 g/mol. The van der Waals surface area contributed by atoms with Crippen LogP contribution < -0.4 is 9.20 Å². The van der Waals surface area contributed by atoms with Crippen LogP contribution in [0, 0.1) is 31.1 Å². The summed E-state index contributed by atoms with van der Waals surface area (Å²) in [6.07, 6.45) is 6.81. The van der Waals surface area contributed by atoms with Crippen LogP contribution in [0.3, 0.4) is 0 Å². The molecule has 2 N–H and O–H groups in total. The number of hydrogen-bond acceptors (Lipinski definition) is 3. The molecule has 0 heterocycles. The summed E-state index contributed by atoms with van der Waals surface area (Å²) in [5.41, 5.74) is 6.44. The van der Waals surface area contributed by atoms with Gasteiger partial charge >= 0.3 is 199 Å². The van der Waals surface area contributed by atoms with Gasteiger partial charge in [0.1, 0.15) is 0 Å². The summed E-state index contributed by atoms with van der Waals surface area (Å²) in [5, 5.41) is 21.8. The van der Waals surface area contributed by atoms with Crippen LogP contribution >= 0.6 is 0 Å². The van der Waals surface area contributed by atoms with Crippen molar-refractivity contribution in [2.75, 3.05) is 7.11 Å². The predicted octanol–water partition coefficient (Wildman–Crippen LogP) is 4.76. The Morgan fingerprint density at radius 1 is 1.06 bits per heavy atom. The Labute approximate surface area is 198 Å². The summed E-state index contributed by atoms with van der Waals surface area (Å²) in [6, 6.07) is 9.07. The van der Waals surface area contributed by atoms with E-state index in [0.29, 0.717) is 38.5 Å². The van der Waals surface area contributed by atoms with E-state index >= 15 is 0 Å². The van der Waals surface area contributed by atoms with E-state index in [1.807, 2.05) is 13.8 Å². The summed E-state index contributed by atoms with van der Waals surface area (Å²) in [5.74, 6) is 3.48. The Morgan fingerprint density at radius 3 is 2.53 bits per heavy atom. The van der Waals surface area contributed by atoms with Crippen molar-refractivity contribution in [1.82, 2.24) is 0 Å². The Morgan fingerprint density at radius 2 is 1.81 bits per heavy atom. The topological polar surface area (TPSA) is 49.7 Å². The maximum absolute atomic E-state index is 10.7. The van der Waals surface area contributed by atoms with E-state index in [0.717, 1.165) is 41.5 Å². The Balaban J connectivity index is 1.43. The number of ether oxygens (including phenoxy) is 1. The summed E-state index contributed by atoms with van der Waals surface area (Å²) in [4.78, 5) is 0. The number of phenols is 1. The van der Waals surface area contributed by atoms with Crippen LogP contribution in [0.5, 0.6) is 11.5 Å². The van der Waals surface area contributed by atoms with Crippen molar-refractivity contribution in [2.24, 2.45) is 17.3 Å². The van der Waals surface area contributed by atoms with Crippen molar-refractivity contribution >= 4 is 19.4 Å². The minimum absolute atomic E-state index is 0.110. The first kappa shape index (κ1) is 22.3. The van der Waals surface area contributed by atoms with Gasteiger partial charge in [0.25, 0.3) is 0 Å². The molecule has 0 bridgehead atoms. The fraction of sp³-hybridized carbons (Fsp3) is 0.571. The summed E-state index contributed by atoms with van der Waals surface area (Å²) in [7, 11) is 1.80. The molecule has 0 aromatic heterocycles. The first-order valence-corrected chi connectivity index (χ1v) is 14.2. The first-order valence-electron chi connectivity index (χ1n) is 12.1. The van der Waals surface area contributed by atoms with Crippen molar-refractivity contribution in [3.05, 3.63) is 52.1 Å². The second-order valence-electron chi connectivity index (χ2n) is 10.6. The average molecular weight is 500 g/mol. The SMILES string of the molecule is COc1cc2c(cc1C[Se]c1cc(C)c(O)c(C)c1)[C@H]1CC[C@]3(C)[C@H](O)CC[C@H]3[C@@H]1CC2. The van der Waals surface area contributed by atoms with Crippen LogP contribution in [-0.4, -0.2) is 38.4 Å². The number of rotatable bonds is 4. The molecule has 2 aromatic carbocycles. The number of aromatic hydroxyl groups is 1. The number of aliphatic hydroxyl groups excluding tert-OH is 1. The number of benzene rings is 2. The van der Waals surface area contributed by atoms with Gasteiger partial charge in [-0.15, -0.1) is 0 Å². The molecule has 0 amide bonds. The number of fused-ring (bicyclic) bond motifs is 5. The molecule has 2 saturated carbocycles. The summed E-state index contributed by atoms with van der Waals surface area (Å²) >= 11 is 0.291. The van der Waals surface area contributed by atoms with Crippen LogP contribution in [-0.2, 0) is 11.7 Å². The van der Waals surface area contributed by atoms with Crippen molar-refractivity contribution in [1.29, 1.82) is 0 Å². The van der Waals surface area contributed by atoms with Gasteiger partial charge in [-0.2, -0.15) is 0 Å². The van der Waals surface area contributed by atoms with Gasteiger partial charge in [-0.25, -0.2) is 0 Å². The fourth-order valence-corrected chi connectivity index (χ4v) is 9.32. The van der Waals surface area contributed by atoms with Crippen molar-refractivity contribution in [2.45, 2.75) is 76.6 Å². The van der Waals surface area contributed by atoms with E-state index in [-0.39, 0.29) is 11.5 Å². The molecule has 32 heavy (non-hydrogen) atoms. The molecule has 3 aliphatic carbocycles. The van der Waals surface area contributed by atoms with Crippen LogP contribution in [0.2, 0.25) is 0 Å². The van der Waals surface area contributed by atoms with Crippen molar-refractivity contribution in [3.63, 3.8) is 0 Å². The number of aliphatic hydroxyl groups is 1. The molecule has 0 saturated heterocycles. The molecule has 0 unspecified atom stereocenters. The van der Waals surface area contributed by atoms with Crippen LogP contribution in [0.4, 0.5) is 0 Å². The number of phenolic OH excluding ortho intramolecular Hbond substituents is 1. The van der Waals surface area contributed by atoms with Crippen LogP contribution in [0.1, 0.15) is 72.8 Å². The molecule has 0 spiro atoms. The third kappa shape index (κ3) is 3.59. The molecule has 5 atom stereocenters. The van der Waals surface area contributed by atoms with Gasteiger partial charge in [-0.05, 0) is 0 Å². The molecular weight excluding hydrogens is 463 g/mol. The number of aryl methyl sites for hydroxylation is 3. The quantitative estimate of drug-likeness (QED) is 0.597. The van der Waals surface area contributed by atoms with Crippen molar-refractivity contribution < 1.29 is 14.9 Å². The third-order valence-electron chi connectivity index (χ3n) is 8.93. The Kier molecular flexibility index (Phi) is 5.85. The first-order chi connectivity index (χ1) is 15.3. The zero-order chi connectivity index (χ0) is 22.6. The Hall–Kier alpha value is -1.48. The second kappa shape index (κ2) is 8.38. The van der Waals surface area contributed by atoms with Gasteiger partial charge in [0, 0.05) is 0 Å². The van der Waals surface area contributed by atoms with E-state index in [9.17, 15) is 10.2 Å². The molecule has 0 radical (unpaired) electrons. The standard InChI is InChI=1S/C28H36O3Se/c1-16-11-20(12-17(2)27(16)30)32-15-19-13-23-18(14-25(19)31-4)5-6-22-21(23)9-10-28(3)24(22)7-8-26(28)29/h11-14,21-22,24,26,29-30H,5-10,15H2,1-4H3/t21-,22+,24-,26+,28-/m0/s1. The molecule has 2 fully saturated rings. The van der Waals surface area contributed by atoms with E-state index in [1.165, 1.54) is 34.9 Å². The molecular formula is C28H36O3Se. The van der Waals surface area contributed by atoms with Gasteiger partial charge in [0.15, 0.2) is 0 Å². The second-order valence-corrected chi connectivity index (χ2v) is 12.8. The van der Waals surface area contributed by atoms with Crippen molar-refractivity contribution in [3.8, 4) is 11.5 Å². The van der Waals surface area contributed by atoms with E-state index in [1.54, 1.807) is 12.7 Å². The van der Waals surface area contributed by atoms with E-state index < -0.39 is 0 Å². The predicted molar refractivity (Wildman–Crippen MR) is 130 cm³/mol. The molecule has 3 nitrogen and oxygen atoms in total. The number of methoxy groups -OCH3 is 1. The van der Waals surface area contributed by atoms with E-state index in [4.69, 9.17) is 4.74 Å². The molecule has 2 aromatic rings. The van der Waals surface area contributed by atoms with Gasteiger partial charge in [0.05, 0.1) is 0 Å². The zero-order valence-electron chi connectivity index (χ0n) is 19.8. The van der Waals surface area contributed by atoms with Gasteiger partial charge in [-0.1, -0.05) is 0 Å². The Bertz CT molecular complexity index is 1010. The molecule has 0 aliphatic heterocycles. The minimum atomic E-state index is -0.110. The molecule has 3 aliphatic rings. The van der Waals surface area contributed by atoms with Crippen LogP contribution in [0.15, 0.2) is 24.3 Å². The molecule has 5 rings (SSSR count). The molecule has 172 valence electrons. The van der Waals surface area contributed by atoms with Gasteiger partial charge in [0.2, 0.25) is 0 Å².